The van der Waals surface area contributed by atoms with E-state index in [-0.39, 0.29) is 17.3 Å². The number of halogens is 1. The fourth-order valence-electron chi connectivity index (χ4n) is 3.49. The molecule has 9 heteroatoms. The first-order chi connectivity index (χ1) is 15.3. The number of aromatic nitrogens is 1. The van der Waals surface area contributed by atoms with Gasteiger partial charge in [-0.2, -0.15) is 5.26 Å². The molecule has 0 aliphatic carbocycles. The van der Waals surface area contributed by atoms with E-state index in [2.05, 4.69) is 5.32 Å². The maximum atomic E-state index is 13.3. The van der Waals surface area contributed by atoms with Gasteiger partial charge in [0.2, 0.25) is 0 Å². The minimum absolute atomic E-state index is 0.0365. The fraction of sp³-hybridized carbons (Fsp3) is 0.304. The molecule has 0 unspecified atom stereocenters. The Kier molecular flexibility index (Phi) is 7.48. The Morgan fingerprint density at radius 3 is 2.53 bits per heavy atom. The summed E-state index contributed by atoms with van der Waals surface area (Å²) in [5.41, 5.74) is 1.54. The molecule has 1 aliphatic heterocycles. The van der Waals surface area contributed by atoms with E-state index in [1.54, 1.807) is 30.0 Å². The Bertz CT molecular complexity index is 1200. The van der Waals surface area contributed by atoms with Crippen molar-refractivity contribution in [3.63, 3.8) is 0 Å². The van der Waals surface area contributed by atoms with Crippen LogP contribution < -0.4 is 10.9 Å². The molecular formula is C23H23FN4O2S2. The summed E-state index contributed by atoms with van der Waals surface area (Å²) in [4.78, 5) is 27.8. The molecule has 0 saturated carbocycles. The normalized spacial score (nSPS) is 14.8. The molecule has 2 heterocycles. The van der Waals surface area contributed by atoms with Crippen molar-refractivity contribution in [3.8, 4) is 6.07 Å². The number of thiocarbonyl (C=S) groups is 1. The van der Waals surface area contributed by atoms with Crippen LogP contribution in [0.1, 0.15) is 42.5 Å². The van der Waals surface area contributed by atoms with Gasteiger partial charge in [-0.05, 0) is 49.6 Å². The van der Waals surface area contributed by atoms with Crippen molar-refractivity contribution in [2.45, 2.75) is 40.3 Å². The number of nitriles is 1. The number of pyridine rings is 1. The quantitative estimate of drug-likeness (QED) is 0.477. The summed E-state index contributed by atoms with van der Waals surface area (Å²) < 4.78 is 15.2. The van der Waals surface area contributed by atoms with E-state index >= 15 is 0 Å². The smallest absolute Gasteiger partial charge is 0.270 e. The van der Waals surface area contributed by atoms with Gasteiger partial charge in [0.05, 0.1) is 4.91 Å². The van der Waals surface area contributed by atoms with Gasteiger partial charge in [-0.15, -0.1) is 0 Å². The Morgan fingerprint density at radius 1 is 1.25 bits per heavy atom. The number of carbonyl (C=O) groups is 1. The van der Waals surface area contributed by atoms with Crippen LogP contribution in [0, 0.1) is 24.1 Å². The first kappa shape index (κ1) is 23.7. The van der Waals surface area contributed by atoms with Crippen molar-refractivity contribution in [3.05, 3.63) is 67.6 Å². The molecule has 1 aliphatic rings. The number of thioether (sulfide) groups is 1. The number of hydrogen-bond donors (Lipinski definition) is 1. The topological polar surface area (TPSA) is 78.1 Å². The van der Waals surface area contributed by atoms with Crippen LogP contribution in [0.4, 0.5) is 10.2 Å². The molecule has 0 spiro atoms. The summed E-state index contributed by atoms with van der Waals surface area (Å²) in [5.74, 6) is -0.0131. The van der Waals surface area contributed by atoms with Crippen LogP contribution in [0.3, 0.4) is 0 Å². The minimum Gasteiger partial charge on any atom is -0.367 e. The van der Waals surface area contributed by atoms with E-state index in [0.29, 0.717) is 45.8 Å². The molecule has 2 aromatic rings. The third-order valence-electron chi connectivity index (χ3n) is 5.16. The summed E-state index contributed by atoms with van der Waals surface area (Å²) in [7, 11) is 0. The van der Waals surface area contributed by atoms with E-state index in [9.17, 15) is 19.2 Å². The molecule has 32 heavy (non-hydrogen) atoms. The maximum absolute atomic E-state index is 13.3. The Morgan fingerprint density at radius 2 is 1.94 bits per heavy atom. The molecule has 0 bridgehead atoms. The number of nitrogens with zero attached hydrogens (tertiary/aromatic N) is 3. The van der Waals surface area contributed by atoms with Gasteiger partial charge in [-0.1, -0.05) is 43.0 Å². The van der Waals surface area contributed by atoms with Gasteiger partial charge < -0.3 is 5.32 Å². The third kappa shape index (κ3) is 4.61. The second kappa shape index (κ2) is 10.1. The van der Waals surface area contributed by atoms with Crippen LogP contribution >= 0.6 is 24.0 Å². The average molecular weight is 471 g/mol. The summed E-state index contributed by atoms with van der Waals surface area (Å²) in [5, 5.41) is 12.9. The van der Waals surface area contributed by atoms with Gasteiger partial charge >= 0.3 is 0 Å². The van der Waals surface area contributed by atoms with Crippen molar-refractivity contribution in [1.82, 2.24) is 9.47 Å². The summed E-state index contributed by atoms with van der Waals surface area (Å²) in [6, 6.07) is 8.05. The van der Waals surface area contributed by atoms with Gasteiger partial charge in [0.25, 0.3) is 11.5 Å². The van der Waals surface area contributed by atoms with Crippen LogP contribution in [0.15, 0.2) is 34.0 Å². The molecule has 1 aromatic heterocycles. The van der Waals surface area contributed by atoms with E-state index in [1.165, 1.54) is 28.5 Å². The highest BCUT2D eigenvalue weighted by molar-refractivity contribution is 8.26. The number of amides is 1. The number of benzene rings is 1. The number of rotatable bonds is 7. The van der Waals surface area contributed by atoms with Crippen LogP contribution in [0.25, 0.3) is 6.08 Å². The minimum atomic E-state index is -0.398. The molecule has 0 radical (unpaired) electrons. The lowest BCUT2D eigenvalue weighted by molar-refractivity contribution is -0.122. The van der Waals surface area contributed by atoms with Crippen LogP contribution in [-0.2, 0) is 17.9 Å². The second-order valence-electron chi connectivity index (χ2n) is 7.24. The Hall–Kier alpha value is -2.96. The lowest BCUT2D eigenvalue weighted by atomic mass is 10.0. The van der Waals surface area contributed by atoms with Gasteiger partial charge in [0.1, 0.15) is 27.6 Å². The fourth-order valence-corrected chi connectivity index (χ4v) is 4.78. The zero-order chi connectivity index (χ0) is 23.4. The average Bonchev–Trinajstić information content (AvgIpc) is 3.03. The molecule has 166 valence electrons. The van der Waals surface area contributed by atoms with Gasteiger partial charge in [0, 0.05) is 25.2 Å². The molecule has 1 aromatic carbocycles. The van der Waals surface area contributed by atoms with E-state index in [1.807, 2.05) is 19.9 Å². The lowest BCUT2D eigenvalue weighted by Crippen LogP contribution is -2.29. The first-order valence-electron chi connectivity index (χ1n) is 10.2. The molecule has 1 amide bonds. The van der Waals surface area contributed by atoms with Crippen molar-refractivity contribution in [1.29, 1.82) is 5.26 Å². The Balaban J connectivity index is 2.12. The predicted octanol–water partition coefficient (Wildman–Crippen LogP) is 4.41. The highest BCUT2D eigenvalue weighted by atomic mass is 32.2. The molecule has 1 saturated heterocycles. The van der Waals surface area contributed by atoms with E-state index in [0.717, 1.165) is 12.0 Å². The molecule has 0 atom stereocenters. The van der Waals surface area contributed by atoms with Gasteiger partial charge in [0.15, 0.2) is 0 Å². The van der Waals surface area contributed by atoms with Crippen molar-refractivity contribution < 1.29 is 9.18 Å². The van der Waals surface area contributed by atoms with Crippen LogP contribution in [-0.4, -0.2) is 26.2 Å². The van der Waals surface area contributed by atoms with E-state index < -0.39 is 5.56 Å². The third-order valence-corrected chi connectivity index (χ3v) is 6.54. The van der Waals surface area contributed by atoms with Gasteiger partial charge in [-0.25, -0.2) is 4.39 Å². The Labute approximate surface area is 195 Å². The summed E-state index contributed by atoms with van der Waals surface area (Å²) >= 11 is 6.57. The standard InChI is InChI=1S/C23H23FN4O2S2/c1-4-10-28-22(30)19(32-23(28)31)11-17-14(3)18(12-25)21(29)27(5-2)20(17)26-13-15-6-8-16(24)9-7-15/h6-9,11,26H,4-5,10,13H2,1-3H3/b19-11+. The summed E-state index contributed by atoms with van der Waals surface area (Å²) in [6.07, 6.45) is 2.48. The molecule has 1 fully saturated rings. The predicted molar refractivity (Wildman–Crippen MR) is 130 cm³/mol. The van der Waals surface area contributed by atoms with Gasteiger partial charge in [-0.3, -0.25) is 19.1 Å². The molecule has 3 rings (SSSR count). The first-order valence-corrected chi connectivity index (χ1v) is 11.5. The molecule has 1 N–H and O–H groups in total. The zero-order valence-electron chi connectivity index (χ0n) is 18.1. The van der Waals surface area contributed by atoms with Crippen LogP contribution in [0.2, 0.25) is 0 Å². The maximum Gasteiger partial charge on any atom is 0.270 e. The largest absolute Gasteiger partial charge is 0.367 e. The lowest BCUT2D eigenvalue weighted by Gasteiger charge is -2.19. The number of anilines is 1. The number of carbonyl (C=O) groups excluding carboxylic acids is 1. The summed E-state index contributed by atoms with van der Waals surface area (Å²) in [6.45, 7) is 6.68. The SMILES string of the molecule is CCCN1C(=O)/C(=C\c2c(C)c(C#N)c(=O)n(CC)c2NCc2ccc(F)cc2)SC1=S. The highest BCUT2D eigenvalue weighted by Gasteiger charge is 2.32. The molecule has 6 nitrogen and oxygen atoms in total. The van der Waals surface area contributed by atoms with Crippen molar-refractivity contribution in [2.75, 3.05) is 11.9 Å². The zero-order valence-corrected chi connectivity index (χ0v) is 19.7. The second-order valence-corrected chi connectivity index (χ2v) is 8.91. The number of nitrogens with one attached hydrogen (secondary N) is 1. The van der Waals surface area contributed by atoms with Crippen LogP contribution in [0.5, 0.6) is 0 Å². The monoisotopic (exact) mass is 470 g/mol. The van der Waals surface area contributed by atoms with Crippen molar-refractivity contribution >= 4 is 46.1 Å². The number of hydrogen-bond acceptors (Lipinski definition) is 6. The highest BCUT2D eigenvalue weighted by Crippen LogP contribution is 2.35. The van der Waals surface area contributed by atoms with Crippen molar-refractivity contribution in [2.24, 2.45) is 0 Å². The molecular weight excluding hydrogens is 447 g/mol. The van der Waals surface area contributed by atoms with E-state index in [4.69, 9.17) is 12.2 Å².